The highest BCUT2D eigenvalue weighted by molar-refractivity contribution is 5.90. The van der Waals surface area contributed by atoms with Crippen LogP contribution in [0.1, 0.15) is 12.8 Å². The van der Waals surface area contributed by atoms with Gasteiger partial charge in [-0.15, -0.1) is 0 Å². The standard InChI is InChI=1S/C20H21FN4O4/c21-16-9-14(1-2-17(16)24-7-4-13(3-6-22)5-8-24)25-11-15(29-20(25)27)10-23-19(26)18-12-28-18/h1-3,9,15,18H,4-5,7-8,10-12H2,(H,23,26)/t15-,18?/m0/s1. The average molecular weight is 400 g/mol. The van der Waals surface area contributed by atoms with Gasteiger partial charge in [-0.25, -0.2) is 9.18 Å². The van der Waals surface area contributed by atoms with Gasteiger partial charge in [-0.3, -0.25) is 9.69 Å². The second-order valence-electron chi connectivity index (χ2n) is 7.24. The maximum atomic E-state index is 14.7. The van der Waals surface area contributed by atoms with Crippen molar-refractivity contribution >= 4 is 23.4 Å². The highest BCUT2D eigenvalue weighted by Gasteiger charge is 2.35. The number of amides is 2. The summed E-state index contributed by atoms with van der Waals surface area (Å²) in [6.07, 6.45) is 1.56. The molecule has 0 bridgehead atoms. The van der Waals surface area contributed by atoms with Crippen molar-refractivity contribution in [2.45, 2.75) is 25.0 Å². The second kappa shape index (κ2) is 8.09. The molecule has 1 N–H and O–H groups in total. The molecule has 2 amide bonds. The van der Waals surface area contributed by atoms with Crippen LogP contribution in [0.5, 0.6) is 0 Å². The number of nitriles is 1. The van der Waals surface area contributed by atoms with Gasteiger partial charge in [-0.05, 0) is 31.0 Å². The molecule has 3 saturated heterocycles. The van der Waals surface area contributed by atoms with E-state index in [-0.39, 0.29) is 19.0 Å². The summed E-state index contributed by atoms with van der Waals surface area (Å²) in [6.45, 7) is 2.12. The Labute approximate surface area is 167 Å². The molecule has 29 heavy (non-hydrogen) atoms. The molecule has 3 fully saturated rings. The van der Waals surface area contributed by atoms with E-state index in [0.29, 0.717) is 31.1 Å². The molecule has 8 nitrogen and oxygen atoms in total. The largest absolute Gasteiger partial charge is 0.442 e. The predicted octanol–water partition coefficient (Wildman–Crippen LogP) is 1.72. The van der Waals surface area contributed by atoms with E-state index in [4.69, 9.17) is 14.7 Å². The Kier molecular flexibility index (Phi) is 5.36. The Morgan fingerprint density at radius 1 is 1.38 bits per heavy atom. The molecule has 3 aliphatic rings. The molecule has 2 atom stereocenters. The number of nitrogens with zero attached hydrogens (tertiary/aromatic N) is 3. The van der Waals surface area contributed by atoms with Gasteiger partial charge in [0.25, 0.3) is 5.91 Å². The first-order chi connectivity index (χ1) is 14.0. The second-order valence-corrected chi connectivity index (χ2v) is 7.24. The minimum Gasteiger partial charge on any atom is -0.442 e. The maximum absolute atomic E-state index is 14.7. The number of hydrogen-bond donors (Lipinski definition) is 1. The number of halogens is 1. The van der Waals surface area contributed by atoms with E-state index in [1.54, 1.807) is 18.2 Å². The van der Waals surface area contributed by atoms with Gasteiger partial charge in [-0.2, -0.15) is 5.26 Å². The Balaban J connectivity index is 1.37. The molecule has 1 aromatic rings. The first kappa shape index (κ1) is 19.2. The third-order valence-corrected chi connectivity index (χ3v) is 5.26. The van der Waals surface area contributed by atoms with Gasteiger partial charge in [0.15, 0.2) is 6.10 Å². The number of anilines is 2. The van der Waals surface area contributed by atoms with E-state index in [1.165, 1.54) is 11.0 Å². The van der Waals surface area contributed by atoms with E-state index >= 15 is 0 Å². The lowest BCUT2D eigenvalue weighted by atomic mass is 10.0. The fourth-order valence-corrected chi connectivity index (χ4v) is 3.56. The van der Waals surface area contributed by atoms with E-state index in [2.05, 4.69) is 5.32 Å². The number of piperidine rings is 1. The van der Waals surface area contributed by atoms with Gasteiger partial charge in [0.1, 0.15) is 11.9 Å². The van der Waals surface area contributed by atoms with Gasteiger partial charge < -0.3 is 19.7 Å². The topological polar surface area (TPSA) is 98.2 Å². The first-order valence-electron chi connectivity index (χ1n) is 9.54. The fourth-order valence-electron chi connectivity index (χ4n) is 3.56. The molecule has 9 heteroatoms. The fraction of sp³-hybridized carbons (Fsp3) is 0.450. The van der Waals surface area contributed by atoms with Crippen molar-refractivity contribution in [2.75, 3.05) is 42.6 Å². The number of allylic oxidation sites excluding steroid dienone is 1. The van der Waals surface area contributed by atoms with Crippen molar-refractivity contribution < 1.29 is 23.5 Å². The molecule has 0 aromatic heterocycles. The van der Waals surface area contributed by atoms with Gasteiger partial charge >= 0.3 is 6.09 Å². The van der Waals surface area contributed by atoms with Gasteiger partial charge in [0.05, 0.1) is 37.1 Å². The van der Waals surface area contributed by atoms with Crippen molar-refractivity contribution in [3.05, 3.63) is 35.7 Å². The molecule has 3 heterocycles. The molecule has 152 valence electrons. The van der Waals surface area contributed by atoms with Crippen molar-refractivity contribution in [1.29, 1.82) is 5.26 Å². The van der Waals surface area contributed by atoms with Crippen molar-refractivity contribution in [3.63, 3.8) is 0 Å². The lowest BCUT2D eigenvalue weighted by Crippen LogP contribution is -2.36. The third kappa shape index (κ3) is 4.32. The van der Waals surface area contributed by atoms with E-state index in [1.807, 2.05) is 11.0 Å². The van der Waals surface area contributed by atoms with Crippen LogP contribution in [0.2, 0.25) is 0 Å². The summed E-state index contributed by atoms with van der Waals surface area (Å²) in [6, 6.07) is 6.73. The van der Waals surface area contributed by atoms with E-state index in [0.717, 1.165) is 18.4 Å². The van der Waals surface area contributed by atoms with Crippen molar-refractivity contribution in [2.24, 2.45) is 0 Å². The maximum Gasteiger partial charge on any atom is 0.414 e. The SMILES string of the molecule is N#CC=C1CCN(c2ccc(N3C[C@H](CNC(=O)C4CO4)OC3=O)cc2F)CC1. The highest BCUT2D eigenvalue weighted by atomic mass is 19.1. The van der Waals surface area contributed by atoms with Gasteiger partial charge in [-0.1, -0.05) is 5.57 Å². The molecule has 1 unspecified atom stereocenters. The number of hydrogen-bond acceptors (Lipinski definition) is 6. The zero-order chi connectivity index (χ0) is 20.4. The zero-order valence-corrected chi connectivity index (χ0v) is 15.8. The number of epoxide rings is 1. The number of nitrogens with one attached hydrogen (secondary N) is 1. The Bertz CT molecular complexity index is 883. The van der Waals surface area contributed by atoms with Crippen molar-refractivity contribution in [1.82, 2.24) is 5.32 Å². The highest BCUT2D eigenvalue weighted by Crippen LogP contribution is 2.30. The van der Waals surface area contributed by atoms with Crippen LogP contribution >= 0.6 is 0 Å². The van der Waals surface area contributed by atoms with E-state index in [9.17, 15) is 14.0 Å². The summed E-state index contributed by atoms with van der Waals surface area (Å²) in [4.78, 5) is 27.1. The monoisotopic (exact) mass is 400 g/mol. The normalized spacial score (nSPS) is 23.4. The van der Waals surface area contributed by atoms with Crippen LogP contribution in [0.25, 0.3) is 0 Å². The van der Waals surface area contributed by atoms with Gasteiger partial charge in [0.2, 0.25) is 0 Å². The smallest absolute Gasteiger partial charge is 0.414 e. The van der Waals surface area contributed by atoms with Crippen LogP contribution in [-0.2, 0) is 14.3 Å². The Morgan fingerprint density at radius 2 is 2.14 bits per heavy atom. The Morgan fingerprint density at radius 3 is 2.79 bits per heavy atom. The number of carbonyl (C=O) groups is 2. The molecule has 3 aliphatic heterocycles. The summed E-state index contributed by atoms with van der Waals surface area (Å²) in [5.41, 5.74) is 1.97. The minimum absolute atomic E-state index is 0.188. The number of benzene rings is 1. The average Bonchev–Trinajstić information content (AvgIpc) is 3.50. The van der Waals surface area contributed by atoms with Crippen LogP contribution in [0, 0.1) is 17.1 Å². The first-order valence-corrected chi connectivity index (χ1v) is 9.54. The van der Waals surface area contributed by atoms with Crippen LogP contribution in [0.15, 0.2) is 29.8 Å². The lowest BCUT2D eigenvalue weighted by Gasteiger charge is -2.30. The molecular weight excluding hydrogens is 379 g/mol. The molecule has 1 aromatic carbocycles. The molecule has 0 spiro atoms. The number of ether oxygens (including phenoxy) is 2. The van der Waals surface area contributed by atoms with E-state index < -0.39 is 24.1 Å². The van der Waals surface area contributed by atoms with Crippen LogP contribution in [-0.4, -0.2) is 57.0 Å². The summed E-state index contributed by atoms with van der Waals surface area (Å²) >= 11 is 0. The molecule has 4 rings (SSSR count). The summed E-state index contributed by atoms with van der Waals surface area (Å²) in [5, 5.41) is 11.4. The number of carbonyl (C=O) groups excluding carboxylic acids is 2. The van der Waals surface area contributed by atoms with Crippen LogP contribution in [0.4, 0.5) is 20.6 Å². The molecule has 0 aliphatic carbocycles. The minimum atomic E-state index is -0.566. The third-order valence-electron chi connectivity index (χ3n) is 5.26. The lowest BCUT2D eigenvalue weighted by molar-refractivity contribution is -0.122. The quantitative estimate of drug-likeness (QED) is 0.597. The summed E-state index contributed by atoms with van der Waals surface area (Å²) < 4.78 is 24.9. The Hall–Kier alpha value is -3.12. The molecular formula is C20H21FN4O4. The van der Waals surface area contributed by atoms with Crippen LogP contribution in [0.3, 0.4) is 0 Å². The number of rotatable bonds is 5. The number of cyclic esters (lactones) is 1. The summed E-state index contributed by atoms with van der Waals surface area (Å²) in [7, 11) is 0. The summed E-state index contributed by atoms with van der Waals surface area (Å²) in [5.74, 6) is -0.630. The molecule has 0 saturated carbocycles. The molecule has 0 radical (unpaired) electrons. The zero-order valence-electron chi connectivity index (χ0n) is 15.8. The van der Waals surface area contributed by atoms with Gasteiger partial charge in [0, 0.05) is 19.2 Å². The van der Waals surface area contributed by atoms with Crippen LogP contribution < -0.4 is 15.1 Å². The van der Waals surface area contributed by atoms with Crippen molar-refractivity contribution in [3.8, 4) is 6.07 Å². The predicted molar refractivity (Wildman–Crippen MR) is 102 cm³/mol.